The first-order valence-electron chi connectivity index (χ1n) is 8.49. The van der Waals surface area contributed by atoms with Crippen molar-refractivity contribution in [1.29, 1.82) is 0 Å². The van der Waals surface area contributed by atoms with Crippen LogP contribution in [0.2, 0.25) is 0 Å². The van der Waals surface area contributed by atoms with E-state index in [0.29, 0.717) is 0 Å². The second kappa shape index (κ2) is 7.82. The highest BCUT2D eigenvalue weighted by atomic mass is 32.1. The van der Waals surface area contributed by atoms with Gasteiger partial charge in [-0.1, -0.05) is 42.5 Å². The van der Waals surface area contributed by atoms with Gasteiger partial charge in [0.15, 0.2) is 0 Å². The molecule has 4 aromatic rings. The molecule has 4 nitrogen and oxygen atoms in total. The monoisotopic (exact) mass is 391 g/mol. The third-order valence-electron chi connectivity index (χ3n) is 3.98. The average molecular weight is 392 g/mol. The van der Waals surface area contributed by atoms with Gasteiger partial charge in [0.2, 0.25) is 5.91 Å². The Kier molecular flexibility index (Phi) is 5.09. The number of hydrogen-bond donors (Lipinski definition) is 1. The van der Waals surface area contributed by atoms with Crippen molar-refractivity contribution in [3.05, 3.63) is 76.1 Å². The van der Waals surface area contributed by atoms with Crippen LogP contribution >= 0.6 is 22.7 Å². The first-order chi connectivity index (χ1) is 13.2. The van der Waals surface area contributed by atoms with Crippen LogP contribution in [0.5, 0.6) is 0 Å². The van der Waals surface area contributed by atoms with Crippen LogP contribution in [0.1, 0.15) is 10.7 Å². The van der Waals surface area contributed by atoms with E-state index >= 15 is 0 Å². The molecule has 0 atom stereocenters. The number of carbonyl (C=O) groups excluding carboxylic acids is 1. The van der Waals surface area contributed by atoms with E-state index in [9.17, 15) is 4.79 Å². The van der Waals surface area contributed by atoms with Gasteiger partial charge in [-0.3, -0.25) is 4.79 Å². The Balaban J connectivity index is 1.43. The number of nitrogens with one attached hydrogen (secondary N) is 1. The maximum Gasteiger partial charge on any atom is 0.230 e. The van der Waals surface area contributed by atoms with Gasteiger partial charge in [0.05, 0.1) is 22.8 Å². The highest BCUT2D eigenvalue weighted by Gasteiger charge is 2.10. The Bertz CT molecular complexity index is 1070. The molecule has 1 amide bonds. The molecule has 134 valence electrons. The maximum absolute atomic E-state index is 12.4. The maximum atomic E-state index is 12.4. The molecule has 0 fully saturated rings. The fraction of sp³-hybridized carbons (Fsp3) is 0.0952. The molecule has 1 N–H and O–H groups in total. The fourth-order valence-electron chi connectivity index (χ4n) is 2.72. The van der Waals surface area contributed by atoms with Crippen molar-refractivity contribution < 1.29 is 4.79 Å². The molecule has 2 aromatic heterocycles. The Hall–Kier alpha value is -2.83. The normalized spacial score (nSPS) is 10.7. The van der Waals surface area contributed by atoms with Crippen molar-refractivity contribution in [2.45, 2.75) is 13.3 Å². The van der Waals surface area contributed by atoms with Gasteiger partial charge in [-0.05, 0) is 19.1 Å². The molecule has 0 spiro atoms. The first kappa shape index (κ1) is 17.6. The Morgan fingerprint density at radius 1 is 0.963 bits per heavy atom. The number of carbonyl (C=O) groups is 1. The van der Waals surface area contributed by atoms with Crippen LogP contribution in [0, 0.1) is 6.92 Å². The molecule has 0 saturated heterocycles. The van der Waals surface area contributed by atoms with Crippen molar-refractivity contribution in [2.75, 3.05) is 5.32 Å². The Labute approximate surface area is 165 Å². The number of hydrogen-bond acceptors (Lipinski definition) is 5. The van der Waals surface area contributed by atoms with E-state index in [2.05, 4.69) is 15.3 Å². The average Bonchev–Trinajstić information content (AvgIpc) is 3.32. The molecule has 2 heterocycles. The number of amides is 1. The third kappa shape index (κ3) is 4.30. The summed E-state index contributed by atoms with van der Waals surface area (Å²) >= 11 is 3.17. The minimum atomic E-state index is -0.0773. The zero-order valence-electron chi connectivity index (χ0n) is 14.7. The molecule has 27 heavy (non-hydrogen) atoms. The van der Waals surface area contributed by atoms with Crippen LogP contribution in [0.15, 0.2) is 65.4 Å². The lowest BCUT2D eigenvalue weighted by Gasteiger charge is -2.06. The predicted octanol–water partition coefficient (Wildman–Crippen LogP) is 5.42. The number of anilines is 1. The van der Waals surface area contributed by atoms with Gasteiger partial charge in [-0.25, -0.2) is 9.97 Å². The van der Waals surface area contributed by atoms with E-state index < -0.39 is 0 Å². The van der Waals surface area contributed by atoms with Crippen LogP contribution in [0.25, 0.3) is 21.8 Å². The largest absolute Gasteiger partial charge is 0.326 e. The summed E-state index contributed by atoms with van der Waals surface area (Å²) in [5, 5.41) is 8.88. The summed E-state index contributed by atoms with van der Waals surface area (Å²) in [5.74, 6) is -0.0773. The van der Waals surface area contributed by atoms with E-state index in [4.69, 9.17) is 0 Å². The molecule has 6 heteroatoms. The zero-order chi connectivity index (χ0) is 18.6. The summed E-state index contributed by atoms with van der Waals surface area (Å²) in [5.41, 5.74) is 4.54. The minimum Gasteiger partial charge on any atom is -0.326 e. The van der Waals surface area contributed by atoms with Crippen LogP contribution in [-0.2, 0) is 11.2 Å². The van der Waals surface area contributed by atoms with E-state index in [-0.39, 0.29) is 12.3 Å². The summed E-state index contributed by atoms with van der Waals surface area (Å²) in [7, 11) is 0. The topological polar surface area (TPSA) is 54.9 Å². The summed E-state index contributed by atoms with van der Waals surface area (Å²) in [4.78, 5) is 21.5. The van der Waals surface area contributed by atoms with Crippen LogP contribution in [-0.4, -0.2) is 15.9 Å². The molecular formula is C21H17N3OS2. The van der Waals surface area contributed by atoms with E-state index in [1.165, 1.54) is 0 Å². The molecule has 0 saturated carbocycles. The minimum absolute atomic E-state index is 0.0773. The van der Waals surface area contributed by atoms with Crippen molar-refractivity contribution >= 4 is 34.3 Å². The van der Waals surface area contributed by atoms with Crippen molar-refractivity contribution in [2.24, 2.45) is 0 Å². The molecule has 0 unspecified atom stereocenters. The number of thiazole rings is 2. The van der Waals surface area contributed by atoms with Crippen molar-refractivity contribution in [3.8, 4) is 21.8 Å². The van der Waals surface area contributed by atoms with E-state index in [1.807, 2.05) is 72.3 Å². The highest BCUT2D eigenvalue weighted by Crippen LogP contribution is 2.25. The zero-order valence-corrected chi connectivity index (χ0v) is 16.3. The Morgan fingerprint density at radius 3 is 2.56 bits per heavy atom. The van der Waals surface area contributed by atoms with Gasteiger partial charge >= 0.3 is 0 Å². The van der Waals surface area contributed by atoms with E-state index in [0.717, 1.165) is 38.2 Å². The summed E-state index contributed by atoms with van der Waals surface area (Å²) in [6, 6.07) is 17.8. The van der Waals surface area contributed by atoms with Gasteiger partial charge in [-0.15, -0.1) is 22.7 Å². The number of rotatable bonds is 5. The van der Waals surface area contributed by atoms with Crippen LogP contribution in [0.4, 0.5) is 5.69 Å². The number of aromatic nitrogens is 2. The van der Waals surface area contributed by atoms with Gasteiger partial charge < -0.3 is 5.32 Å². The predicted molar refractivity (Wildman–Crippen MR) is 112 cm³/mol. The number of benzene rings is 2. The molecule has 0 aliphatic rings. The molecule has 0 radical (unpaired) electrons. The van der Waals surface area contributed by atoms with Crippen LogP contribution in [0.3, 0.4) is 0 Å². The molecule has 2 aromatic carbocycles. The van der Waals surface area contributed by atoms with Crippen molar-refractivity contribution in [1.82, 2.24) is 9.97 Å². The first-order valence-corrected chi connectivity index (χ1v) is 10.3. The van der Waals surface area contributed by atoms with Gasteiger partial charge in [0.1, 0.15) is 5.01 Å². The number of aryl methyl sites for hydroxylation is 1. The lowest BCUT2D eigenvalue weighted by molar-refractivity contribution is -0.115. The summed E-state index contributed by atoms with van der Waals surface area (Å²) in [6.45, 7) is 1.98. The quantitative estimate of drug-likeness (QED) is 0.494. The second-order valence-electron chi connectivity index (χ2n) is 6.07. The van der Waals surface area contributed by atoms with Crippen LogP contribution < -0.4 is 5.32 Å². The fourth-order valence-corrected chi connectivity index (χ4v) is 4.17. The molecule has 4 rings (SSSR count). The molecule has 0 aliphatic heterocycles. The third-order valence-corrected chi connectivity index (χ3v) is 5.69. The smallest absolute Gasteiger partial charge is 0.230 e. The van der Waals surface area contributed by atoms with Crippen molar-refractivity contribution in [3.63, 3.8) is 0 Å². The lowest BCUT2D eigenvalue weighted by atomic mass is 10.1. The molecule has 0 bridgehead atoms. The summed E-state index contributed by atoms with van der Waals surface area (Å²) in [6.07, 6.45) is 0.253. The lowest BCUT2D eigenvalue weighted by Crippen LogP contribution is -2.14. The SMILES string of the molecule is Cc1nc(-c2cccc(NC(=O)Cc3csc(-c4ccccc4)n3)c2)cs1. The second-order valence-corrected chi connectivity index (χ2v) is 7.99. The van der Waals surface area contributed by atoms with Gasteiger partial charge in [0, 0.05) is 27.6 Å². The van der Waals surface area contributed by atoms with Gasteiger partial charge in [-0.2, -0.15) is 0 Å². The molecular weight excluding hydrogens is 374 g/mol. The molecule has 0 aliphatic carbocycles. The Morgan fingerprint density at radius 2 is 1.78 bits per heavy atom. The standard InChI is InChI=1S/C21H17N3OS2/c1-14-22-19(13-26-14)16-8-5-9-17(10-16)23-20(25)11-18-12-27-21(24-18)15-6-3-2-4-7-15/h2-10,12-13H,11H2,1H3,(H,23,25). The van der Waals surface area contributed by atoms with E-state index in [1.54, 1.807) is 22.7 Å². The highest BCUT2D eigenvalue weighted by molar-refractivity contribution is 7.13. The number of nitrogens with zero attached hydrogens (tertiary/aromatic N) is 2. The summed E-state index contributed by atoms with van der Waals surface area (Å²) < 4.78 is 0. The van der Waals surface area contributed by atoms with Gasteiger partial charge in [0.25, 0.3) is 0 Å².